The first-order chi connectivity index (χ1) is 12.4. The average molecular weight is 355 g/mol. The van der Waals surface area contributed by atoms with Crippen LogP contribution in [0.1, 0.15) is 11.1 Å². The summed E-state index contributed by atoms with van der Waals surface area (Å²) in [4.78, 5) is 35.6. The van der Waals surface area contributed by atoms with Gasteiger partial charge >= 0.3 is 11.8 Å². The largest absolute Gasteiger partial charge is 0.497 e. The first-order valence-electron chi connectivity index (χ1n) is 7.99. The van der Waals surface area contributed by atoms with Crippen molar-refractivity contribution in [3.05, 3.63) is 53.6 Å². The van der Waals surface area contributed by atoms with Gasteiger partial charge in [0.25, 0.3) is 0 Å². The standard InChI is InChI=1S/C19H21N3O4/c1-12-7-8-15(9-13(12)2)21-17(23)11-20-18(24)19(25)22-14-5-4-6-16(10-14)26-3/h4-10H,11H2,1-3H3,(H,20,24)(H,21,23)(H,22,25). The van der Waals surface area contributed by atoms with E-state index in [-0.39, 0.29) is 6.54 Å². The number of methoxy groups -OCH3 is 1. The van der Waals surface area contributed by atoms with E-state index in [4.69, 9.17) is 4.74 Å². The lowest BCUT2D eigenvalue weighted by atomic mass is 10.1. The van der Waals surface area contributed by atoms with Gasteiger partial charge < -0.3 is 20.7 Å². The summed E-state index contributed by atoms with van der Waals surface area (Å²) in [5, 5.41) is 7.39. The van der Waals surface area contributed by atoms with Gasteiger partial charge in [0, 0.05) is 17.4 Å². The van der Waals surface area contributed by atoms with Gasteiger partial charge in [0.15, 0.2) is 0 Å². The summed E-state index contributed by atoms with van der Waals surface area (Å²) in [5.41, 5.74) is 3.22. The zero-order chi connectivity index (χ0) is 19.1. The Morgan fingerprint density at radius 3 is 2.31 bits per heavy atom. The van der Waals surface area contributed by atoms with Gasteiger partial charge in [-0.25, -0.2) is 0 Å². The third-order valence-electron chi connectivity index (χ3n) is 3.73. The van der Waals surface area contributed by atoms with Crippen LogP contribution >= 0.6 is 0 Å². The number of nitrogens with one attached hydrogen (secondary N) is 3. The Balaban J connectivity index is 1.83. The molecule has 3 N–H and O–H groups in total. The summed E-state index contributed by atoms with van der Waals surface area (Å²) in [6.07, 6.45) is 0. The second kappa shape index (κ2) is 8.66. The molecule has 0 aliphatic heterocycles. The number of hydrogen-bond donors (Lipinski definition) is 3. The SMILES string of the molecule is COc1cccc(NC(=O)C(=O)NCC(=O)Nc2ccc(C)c(C)c2)c1. The summed E-state index contributed by atoms with van der Waals surface area (Å²) in [5.74, 6) is -1.63. The van der Waals surface area contributed by atoms with E-state index in [9.17, 15) is 14.4 Å². The van der Waals surface area contributed by atoms with Crippen molar-refractivity contribution >= 4 is 29.1 Å². The second-order valence-corrected chi connectivity index (χ2v) is 5.72. The van der Waals surface area contributed by atoms with Crippen molar-refractivity contribution in [3.63, 3.8) is 0 Å². The lowest BCUT2D eigenvalue weighted by Gasteiger charge is -2.09. The topological polar surface area (TPSA) is 96.5 Å². The van der Waals surface area contributed by atoms with Gasteiger partial charge in [0.2, 0.25) is 5.91 Å². The van der Waals surface area contributed by atoms with Crippen molar-refractivity contribution in [2.24, 2.45) is 0 Å². The highest BCUT2D eigenvalue weighted by Gasteiger charge is 2.15. The molecule has 3 amide bonds. The Morgan fingerprint density at radius 2 is 1.62 bits per heavy atom. The van der Waals surface area contributed by atoms with Crippen molar-refractivity contribution < 1.29 is 19.1 Å². The summed E-state index contributed by atoms with van der Waals surface area (Å²) in [6.45, 7) is 3.61. The Bertz CT molecular complexity index is 833. The fourth-order valence-corrected chi connectivity index (χ4v) is 2.15. The molecule has 2 aromatic rings. The van der Waals surface area contributed by atoms with Crippen molar-refractivity contribution in [2.75, 3.05) is 24.3 Å². The van der Waals surface area contributed by atoms with Crippen LogP contribution in [0.5, 0.6) is 5.75 Å². The number of aryl methyl sites for hydroxylation is 2. The molecule has 0 unspecified atom stereocenters. The third kappa shape index (κ3) is 5.34. The van der Waals surface area contributed by atoms with E-state index in [0.717, 1.165) is 11.1 Å². The molecule has 0 aliphatic carbocycles. The summed E-state index contributed by atoms with van der Waals surface area (Å²) in [6, 6.07) is 12.1. The van der Waals surface area contributed by atoms with Crippen LogP contribution in [0.4, 0.5) is 11.4 Å². The second-order valence-electron chi connectivity index (χ2n) is 5.72. The number of ether oxygens (including phenoxy) is 1. The molecule has 0 radical (unpaired) electrons. The van der Waals surface area contributed by atoms with Gasteiger partial charge in [-0.2, -0.15) is 0 Å². The van der Waals surface area contributed by atoms with Crippen molar-refractivity contribution in [1.29, 1.82) is 0 Å². The van der Waals surface area contributed by atoms with Gasteiger partial charge in [-0.05, 0) is 49.2 Å². The summed E-state index contributed by atoms with van der Waals surface area (Å²) >= 11 is 0. The molecule has 7 nitrogen and oxygen atoms in total. The number of carbonyl (C=O) groups is 3. The molecule has 136 valence electrons. The normalized spacial score (nSPS) is 9.96. The van der Waals surface area contributed by atoms with Crippen LogP contribution in [-0.4, -0.2) is 31.4 Å². The molecule has 7 heteroatoms. The molecule has 0 saturated carbocycles. The number of hydrogen-bond acceptors (Lipinski definition) is 4. The molecule has 0 heterocycles. The molecule has 0 aliphatic rings. The Hall–Kier alpha value is -3.35. The smallest absolute Gasteiger partial charge is 0.313 e. The first-order valence-corrected chi connectivity index (χ1v) is 7.99. The zero-order valence-electron chi connectivity index (χ0n) is 14.9. The van der Waals surface area contributed by atoms with Crippen LogP contribution in [0.2, 0.25) is 0 Å². The van der Waals surface area contributed by atoms with E-state index < -0.39 is 17.7 Å². The molecule has 0 fully saturated rings. The molecule has 0 spiro atoms. The van der Waals surface area contributed by atoms with Crippen LogP contribution < -0.4 is 20.7 Å². The van der Waals surface area contributed by atoms with Gasteiger partial charge in [0.05, 0.1) is 13.7 Å². The van der Waals surface area contributed by atoms with Crippen LogP contribution in [0, 0.1) is 13.8 Å². The Kier molecular flexibility index (Phi) is 6.32. The summed E-state index contributed by atoms with van der Waals surface area (Å²) < 4.78 is 5.04. The number of carbonyl (C=O) groups excluding carboxylic acids is 3. The number of anilines is 2. The highest BCUT2D eigenvalue weighted by atomic mass is 16.5. The minimum Gasteiger partial charge on any atom is -0.497 e. The van der Waals surface area contributed by atoms with Crippen molar-refractivity contribution in [2.45, 2.75) is 13.8 Å². The number of benzene rings is 2. The van der Waals surface area contributed by atoms with E-state index in [2.05, 4.69) is 16.0 Å². The molecule has 2 aromatic carbocycles. The average Bonchev–Trinajstić information content (AvgIpc) is 2.63. The van der Waals surface area contributed by atoms with E-state index in [1.807, 2.05) is 26.0 Å². The maximum atomic E-state index is 11.9. The first kappa shape index (κ1) is 19.0. The molecule has 26 heavy (non-hydrogen) atoms. The van der Waals surface area contributed by atoms with Gasteiger partial charge in [-0.15, -0.1) is 0 Å². The fraction of sp³-hybridized carbons (Fsp3) is 0.211. The van der Waals surface area contributed by atoms with E-state index >= 15 is 0 Å². The lowest BCUT2D eigenvalue weighted by molar-refractivity contribution is -0.136. The molecule has 0 aromatic heterocycles. The minimum atomic E-state index is -0.900. The summed E-state index contributed by atoms with van der Waals surface area (Å²) in [7, 11) is 1.50. The van der Waals surface area contributed by atoms with Gasteiger partial charge in [-0.1, -0.05) is 12.1 Å². The number of amides is 3. The lowest BCUT2D eigenvalue weighted by Crippen LogP contribution is -2.39. The molecule has 0 saturated heterocycles. The number of rotatable bonds is 5. The maximum absolute atomic E-state index is 11.9. The zero-order valence-corrected chi connectivity index (χ0v) is 14.9. The van der Waals surface area contributed by atoms with Gasteiger partial charge in [0.1, 0.15) is 5.75 Å². The minimum absolute atomic E-state index is 0.308. The van der Waals surface area contributed by atoms with Crippen LogP contribution in [0.25, 0.3) is 0 Å². The monoisotopic (exact) mass is 355 g/mol. The molecule has 0 atom stereocenters. The molecular weight excluding hydrogens is 334 g/mol. The highest BCUT2D eigenvalue weighted by molar-refractivity contribution is 6.39. The predicted molar refractivity (Wildman–Crippen MR) is 99.2 cm³/mol. The van der Waals surface area contributed by atoms with Crippen LogP contribution in [0.3, 0.4) is 0 Å². The van der Waals surface area contributed by atoms with Crippen molar-refractivity contribution in [1.82, 2.24) is 5.32 Å². The molecule has 2 rings (SSSR count). The molecular formula is C19H21N3O4. The van der Waals surface area contributed by atoms with Crippen molar-refractivity contribution in [3.8, 4) is 5.75 Å². The highest BCUT2D eigenvalue weighted by Crippen LogP contribution is 2.16. The van der Waals surface area contributed by atoms with E-state index in [1.54, 1.807) is 30.3 Å². The van der Waals surface area contributed by atoms with Gasteiger partial charge in [-0.3, -0.25) is 14.4 Å². The van der Waals surface area contributed by atoms with Crippen LogP contribution in [-0.2, 0) is 14.4 Å². The maximum Gasteiger partial charge on any atom is 0.313 e. The predicted octanol–water partition coefficient (Wildman–Crippen LogP) is 2.01. The fourth-order valence-electron chi connectivity index (χ4n) is 2.15. The van der Waals surface area contributed by atoms with E-state index in [0.29, 0.717) is 17.1 Å². The Labute approximate surface area is 151 Å². The van der Waals surface area contributed by atoms with Crippen LogP contribution in [0.15, 0.2) is 42.5 Å². The third-order valence-corrected chi connectivity index (χ3v) is 3.73. The van der Waals surface area contributed by atoms with E-state index in [1.165, 1.54) is 7.11 Å². The quantitative estimate of drug-likeness (QED) is 0.715. The molecule has 0 bridgehead atoms. The Morgan fingerprint density at radius 1 is 0.885 bits per heavy atom.